The lowest BCUT2D eigenvalue weighted by Crippen LogP contribution is -2.17. The molecule has 0 spiro atoms. The van der Waals surface area contributed by atoms with Crippen molar-refractivity contribution in [3.8, 4) is 16.9 Å². The first kappa shape index (κ1) is 19.4. The maximum atomic E-state index is 12.8. The third-order valence-corrected chi connectivity index (χ3v) is 4.39. The quantitative estimate of drug-likeness (QED) is 0.541. The number of alkyl halides is 3. The molecule has 0 aliphatic heterocycles. The van der Waals surface area contributed by atoms with E-state index in [1.54, 1.807) is 35.7 Å². The van der Waals surface area contributed by atoms with E-state index in [1.165, 1.54) is 36.8 Å². The summed E-state index contributed by atoms with van der Waals surface area (Å²) in [5.41, 5.74) is 2.94. The van der Waals surface area contributed by atoms with Gasteiger partial charge in [-0.2, -0.15) is 0 Å². The summed E-state index contributed by atoms with van der Waals surface area (Å²) in [6.45, 7) is 1.77. The Balaban J connectivity index is 1.58. The standard InChI is InChI=1S/C20H14F3N5O2/c1-12-16(13-5-7-15(8-6-13)30-20(21,22)23)3-2-4-17(12)18(29)26-14-9-24-19-27-25-11-28(19)10-14/h2-11H,1H3,(H,26,29). The highest BCUT2D eigenvalue weighted by Crippen LogP contribution is 2.29. The fourth-order valence-electron chi connectivity index (χ4n) is 3.02. The Labute approximate surface area is 168 Å². The number of hydrogen-bond donors (Lipinski definition) is 1. The second-order valence-electron chi connectivity index (χ2n) is 6.39. The maximum Gasteiger partial charge on any atom is 0.573 e. The Bertz CT molecular complexity index is 1220. The molecule has 0 aliphatic rings. The van der Waals surface area contributed by atoms with E-state index >= 15 is 0 Å². The molecule has 7 nitrogen and oxygen atoms in total. The smallest absolute Gasteiger partial charge is 0.406 e. The number of rotatable bonds is 4. The van der Waals surface area contributed by atoms with Gasteiger partial charge in [-0.3, -0.25) is 9.20 Å². The van der Waals surface area contributed by atoms with Crippen molar-refractivity contribution < 1.29 is 22.7 Å². The van der Waals surface area contributed by atoms with E-state index in [0.29, 0.717) is 33.7 Å². The summed E-state index contributed by atoms with van der Waals surface area (Å²) in [6.07, 6.45) is -0.171. The van der Waals surface area contributed by atoms with E-state index in [2.05, 4.69) is 25.2 Å². The number of anilines is 1. The molecule has 0 aliphatic carbocycles. The molecule has 1 N–H and O–H groups in total. The van der Waals surface area contributed by atoms with Crippen LogP contribution in [-0.4, -0.2) is 31.9 Å². The third-order valence-electron chi connectivity index (χ3n) is 4.39. The number of halogens is 3. The van der Waals surface area contributed by atoms with Crippen molar-refractivity contribution in [3.63, 3.8) is 0 Å². The SMILES string of the molecule is Cc1c(C(=O)Nc2cnc3nncn3c2)cccc1-c1ccc(OC(F)(F)F)cc1. The summed E-state index contributed by atoms with van der Waals surface area (Å²) in [4.78, 5) is 16.9. The largest absolute Gasteiger partial charge is 0.573 e. The molecule has 0 bridgehead atoms. The molecule has 10 heteroatoms. The number of nitrogens with zero attached hydrogens (tertiary/aromatic N) is 4. The Kier molecular flexibility index (Phi) is 4.82. The first-order valence-corrected chi connectivity index (χ1v) is 8.73. The van der Waals surface area contributed by atoms with Gasteiger partial charge in [-0.25, -0.2) is 4.98 Å². The number of nitrogens with one attached hydrogen (secondary N) is 1. The van der Waals surface area contributed by atoms with Crippen molar-refractivity contribution in [1.82, 2.24) is 19.6 Å². The van der Waals surface area contributed by atoms with Crippen molar-refractivity contribution in [2.45, 2.75) is 13.3 Å². The molecule has 2 aromatic heterocycles. The highest BCUT2D eigenvalue weighted by atomic mass is 19.4. The predicted molar refractivity (Wildman–Crippen MR) is 102 cm³/mol. The van der Waals surface area contributed by atoms with Crippen LogP contribution in [0.4, 0.5) is 18.9 Å². The van der Waals surface area contributed by atoms with Crippen LogP contribution >= 0.6 is 0 Å². The minimum absolute atomic E-state index is 0.310. The van der Waals surface area contributed by atoms with Crippen LogP contribution in [0.5, 0.6) is 5.75 Å². The molecule has 2 aromatic carbocycles. The maximum absolute atomic E-state index is 12.8. The molecular formula is C20H14F3N5O2. The molecule has 30 heavy (non-hydrogen) atoms. The van der Waals surface area contributed by atoms with Crippen molar-refractivity contribution >= 4 is 17.4 Å². The molecule has 0 radical (unpaired) electrons. The van der Waals surface area contributed by atoms with Crippen molar-refractivity contribution in [2.24, 2.45) is 0 Å². The van der Waals surface area contributed by atoms with Crippen LogP contribution in [0.2, 0.25) is 0 Å². The summed E-state index contributed by atoms with van der Waals surface area (Å²) >= 11 is 0. The number of carbonyl (C=O) groups excluding carboxylic acids is 1. The Morgan fingerprint density at radius 1 is 1.13 bits per heavy atom. The fraction of sp³-hybridized carbons (Fsp3) is 0.100. The number of carbonyl (C=O) groups is 1. The van der Waals surface area contributed by atoms with Crippen molar-refractivity contribution in [2.75, 3.05) is 5.32 Å². The molecular weight excluding hydrogens is 399 g/mol. The van der Waals surface area contributed by atoms with Gasteiger partial charge < -0.3 is 10.1 Å². The Hall–Kier alpha value is -3.95. The van der Waals surface area contributed by atoms with Crippen LogP contribution in [0, 0.1) is 6.92 Å². The lowest BCUT2D eigenvalue weighted by Gasteiger charge is -2.13. The van der Waals surface area contributed by atoms with E-state index < -0.39 is 6.36 Å². The van der Waals surface area contributed by atoms with Crippen LogP contribution in [0.1, 0.15) is 15.9 Å². The third kappa shape index (κ3) is 4.07. The zero-order chi connectivity index (χ0) is 21.3. The van der Waals surface area contributed by atoms with Gasteiger partial charge in [0, 0.05) is 11.8 Å². The lowest BCUT2D eigenvalue weighted by atomic mass is 9.96. The van der Waals surface area contributed by atoms with Crippen LogP contribution in [0.15, 0.2) is 61.2 Å². The van der Waals surface area contributed by atoms with Gasteiger partial charge in [0.2, 0.25) is 0 Å². The minimum atomic E-state index is -4.75. The topological polar surface area (TPSA) is 81.4 Å². The molecule has 152 valence electrons. The van der Waals surface area contributed by atoms with Gasteiger partial charge in [0.25, 0.3) is 11.7 Å². The normalized spacial score (nSPS) is 11.5. The number of hydrogen-bond acceptors (Lipinski definition) is 5. The zero-order valence-corrected chi connectivity index (χ0v) is 15.5. The summed E-state index contributed by atoms with van der Waals surface area (Å²) in [7, 11) is 0. The number of fused-ring (bicyclic) bond motifs is 1. The number of amides is 1. The van der Waals surface area contributed by atoms with Crippen molar-refractivity contribution in [1.29, 1.82) is 0 Å². The number of benzene rings is 2. The van der Waals surface area contributed by atoms with Gasteiger partial charge in [-0.15, -0.1) is 23.4 Å². The highest BCUT2D eigenvalue weighted by Gasteiger charge is 2.31. The van der Waals surface area contributed by atoms with Crippen LogP contribution in [0.3, 0.4) is 0 Å². The Morgan fingerprint density at radius 3 is 2.63 bits per heavy atom. The zero-order valence-electron chi connectivity index (χ0n) is 15.5. The van der Waals surface area contributed by atoms with Crippen LogP contribution < -0.4 is 10.1 Å². The second-order valence-corrected chi connectivity index (χ2v) is 6.39. The molecule has 4 aromatic rings. The molecule has 1 amide bonds. The summed E-state index contributed by atoms with van der Waals surface area (Å²) in [6, 6.07) is 10.6. The summed E-state index contributed by atoms with van der Waals surface area (Å²) in [5.74, 6) is -0.251. The molecule has 0 saturated heterocycles. The van der Waals surface area contributed by atoms with E-state index in [9.17, 15) is 18.0 Å². The lowest BCUT2D eigenvalue weighted by molar-refractivity contribution is -0.274. The van der Waals surface area contributed by atoms with Gasteiger partial charge in [-0.05, 0) is 41.8 Å². The molecule has 2 heterocycles. The minimum Gasteiger partial charge on any atom is -0.406 e. The predicted octanol–water partition coefficient (Wildman–Crippen LogP) is 4.25. The van der Waals surface area contributed by atoms with Crippen LogP contribution in [-0.2, 0) is 0 Å². The van der Waals surface area contributed by atoms with Gasteiger partial charge in [-0.1, -0.05) is 24.3 Å². The van der Waals surface area contributed by atoms with Gasteiger partial charge in [0.05, 0.1) is 11.9 Å². The molecule has 0 unspecified atom stereocenters. The first-order chi connectivity index (χ1) is 14.3. The second kappa shape index (κ2) is 7.47. The molecule has 0 saturated carbocycles. The average Bonchev–Trinajstić information content (AvgIpc) is 3.15. The number of aromatic nitrogens is 4. The molecule has 4 rings (SSSR count). The summed E-state index contributed by atoms with van der Waals surface area (Å²) in [5, 5.41) is 10.3. The van der Waals surface area contributed by atoms with E-state index in [0.717, 1.165) is 0 Å². The molecule has 0 atom stereocenters. The first-order valence-electron chi connectivity index (χ1n) is 8.73. The van der Waals surface area contributed by atoms with E-state index in [1.807, 2.05) is 0 Å². The van der Waals surface area contributed by atoms with E-state index in [-0.39, 0.29) is 11.7 Å². The number of ether oxygens (including phenoxy) is 1. The van der Waals surface area contributed by atoms with Gasteiger partial charge in [0.1, 0.15) is 12.1 Å². The Morgan fingerprint density at radius 2 is 1.90 bits per heavy atom. The fourth-order valence-corrected chi connectivity index (χ4v) is 3.02. The van der Waals surface area contributed by atoms with Crippen molar-refractivity contribution in [3.05, 3.63) is 72.3 Å². The molecule has 0 fully saturated rings. The average molecular weight is 413 g/mol. The van der Waals surface area contributed by atoms with Crippen LogP contribution in [0.25, 0.3) is 16.9 Å². The highest BCUT2D eigenvalue weighted by molar-refractivity contribution is 6.06. The van der Waals surface area contributed by atoms with Gasteiger partial charge in [0.15, 0.2) is 0 Å². The summed E-state index contributed by atoms with van der Waals surface area (Å²) < 4.78 is 42.5. The van der Waals surface area contributed by atoms with Gasteiger partial charge >= 0.3 is 6.36 Å². The monoisotopic (exact) mass is 413 g/mol. The van der Waals surface area contributed by atoms with E-state index in [4.69, 9.17) is 0 Å².